The number of nitrogens with zero attached hydrogens (tertiary/aromatic N) is 1. The lowest BCUT2D eigenvalue weighted by Gasteiger charge is -2.13. The number of imide groups is 1. The minimum atomic E-state index is -0.336. The number of thioether (sulfide) groups is 1. The molecule has 0 saturated carbocycles. The van der Waals surface area contributed by atoms with Crippen LogP contribution in [0.3, 0.4) is 0 Å². The van der Waals surface area contributed by atoms with E-state index in [1.54, 1.807) is 30.3 Å². The first-order chi connectivity index (χ1) is 17.0. The van der Waals surface area contributed by atoms with Gasteiger partial charge in [-0.1, -0.05) is 41.4 Å². The molecule has 0 N–H and O–H groups in total. The zero-order valence-corrected chi connectivity index (χ0v) is 20.7. The van der Waals surface area contributed by atoms with E-state index in [-0.39, 0.29) is 24.3 Å². The Morgan fingerprint density at radius 1 is 0.829 bits per heavy atom. The fraction of sp³-hybridized carbons (Fsp3) is 0.185. The largest absolute Gasteiger partial charge is 0.492 e. The molecule has 1 aliphatic rings. The zero-order chi connectivity index (χ0) is 24.6. The van der Waals surface area contributed by atoms with Gasteiger partial charge in [-0.3, -0.25) is 14.5 Å². The summed E-state index contributed by atoms with van der Waals surface area (Å²) in [4.78, 5) is 26.7. The van der Waals surface area contributed by atoms with Crippen LogP contribution in [0.5, 0.6) is 17.2 Å². The fourth-order valence-electron chi connectivity index (χ4n) is 3.28. The number of carbonyl (C=O) groups is 2. The van der Waals surface area contributed by atoms with Crippen molar-refractivity contribution >= 4 is 40.6 Å². The molecule has 8 heteroatoms. The Morgan fingerprint density at radius 2 is 1.46 bits per heavy atom. The lowest BCUT2D eigenvalue weighted by Crippen LogP contribution is -2.32. The quantitative estimate of drug-likeness (QED) is 0.239. The van der Waals surface area contributed by atoms with E-state index < -0.39 is 0 Å². The molecule has 0 unspecified atom stereocenters. The van der Waals surface area contributed by atoms with Gasteiger partial charge >= 0.3 is 0 Å². The van der Waals surface area contributed by atoms with E-state index in [1.807, 2.05) is 55.5 Å². The Bertz CT molecular complexity index is 1210. The summed E-state index contributed by atoms with van der Waals surface area (Å²) in [5, 5.41) is 0.292. The van der Waals surface area contributed by atoms with E-state index in [9.17, 15) is 9.59 Å². The van der Waals surface area contributed by atoms with Crippen LogP contribution in [0.4, 0.5) is 4.79 Å². The highest BCUT2D eigenvalue weighted by atomic mass is 35.5. The van der Waals surface area contributed by atoms with Crippen molar-refractivity contribution in [3.05, 3.63) is 93.9 Å². The summed E-state index contributed by atoms with van der Waals surface area (Å²) in [7, 11) is 0. The monoisotopic (exact) mass is 509 g/mol. The second-order valence-electron chi connectivity index (χ2n) is 7.72. The Hall–Kier alpha value is -3.42. The van der Waals surface area contributed by atoms with Crippen molar-refractivity contribution in [3.8, 4) is 17.2 Å². The summed E-state index contributed by atoms with van der Waals surface area (Å²) < 4.78 is 17.1. The number of carbonyl (C=O) groups excluding carboxylic acids is 2. The zero-order valence-electron chi connectivity index (χ0n) is 19.1. The van der Waals surface area contributed by atoms with Crippen molar-refractivity contribution in [2.24, 2.45) is 0 Å². The summed E-state index contributed by atoms with van der Waals surface area (Å²) in [6, 6.07) is 22.1. The van der Waals surface area contributed by atoms with Crippen LogP contribution < -0.4 is 14.2 Å². The molecule has 0 bridgehead atoms. The number of ether oxygens (including phenoxy) is 3. The molecule has 0 aromatic heterocycles. The van der Waals surface area contributed by atoms with Crippen molar-refractivity contribution in [3.63, 3.8) is 0 Å². The number of aryl methyl sites for hydroxylation is 1. The molecule has 4 rings (SSSR count). The van der Waals surface area contributed by atoms with Crippen molar-refractivity contribution in [2.75, 3.05) is 26.4 Å². The van der Waals surface area contributed by atoms with Crippen LogP contribution in [0.1, 0.15) is 11.1 Å². The molecule has 1 heterocycles. The van der Waals surface area contributed by atoms with Crippen molar-refractivity contribution in [1.29, 1.82) is 0 Å². The maximum Gasteiger partial charge on any atom is 0.293 e. The van der Waals surface area contributed by atoms with Crippen molar-refractivity contribution < 1.29 is 23.8 Å². The van der Waals surface area contributed by atoms with Crippen LogP contribution >= 0.6 is 23.4 Å². The maximum atomic E-state index is 12.8. The Kier molecular flexibility index (Phi) is 8.34. The van der Waals surface area contributed by atoms with Crippen LogP contribution in [0, 0.1) is 6.92 Å². The molecule has 0 atom stereocenters. The minimum absolute atomic E-state index is 0.161. The first kappa shape index (κ1) is 24.7. The highest BCUT2D eigenvalue weighted by Crippen LogP contribution is 2.32. The molecule has 2 amide bonds. The van der Waals surface area contributed by atoms with Crippen LogP contribution in [-0.2, 0) is 4.79 Å². The van der Waals surface area contributed by atoms with Gasteiger partial charge in [0.15, 0.2) is 0 Å². The van der Waals surface area contributed by atoms with Crippen LogP contribution in [-0.4, -0.2) is 42.4 Å². The molecule has 35 heavy (non-hydrogen) atoms. The van der Waals surface area contributed by atoms with Gasteiger partial charge < -0.3 is 14.2 Å². The number of amides is 2. The third-order valence-electron chi connectivity index (χ3n) is 5.07. The molecule has 3 aromatic rings. The molecule has 1 aliphatic heterocycles. The minimum Gasteiger partial charge on any atom is -0.492 e. The topological polar surface area (TPSA) is 65.1 Å². The van der Waals surface area contributed by atoms with Gasteiger partial charge in [-0.15, -0.1) is 0 Å². The molecule has 6 nitrogen and oxygen atoms in total. The van der Waals surface area contributed by atoms with Gasteiger partial charge in [-0.05, 0) is 78.9 Å². The van der Waals surface area contributed by atoms with Gasteiger partial charge in [0.05, 0.1) is 11.4 Å². The molecule has 180 valence electrons. The average Bonchev–Trinajstić information content (AvgIpc) is 3.12. The predicted molar refractivity (Wildman–Crippen MR) is 138 cm³/mol. The number of halogens is 1. The summed E-state index contributed by atoms with van der Waals surface area (Å²) in [5.74, 6) is 1.74. The Balaban J connectivity index is 1.28. The lowest BCUT2D eigenvalue weighted by atomic mass is 10.2. The summed E-state index contributed by atoms with van der Waals surface area (Å²) in [6.07, 6.45) is 1.70. The predicted octanol–water partition coefficient (Wildman–Crippen LogP) is 6.22. The SMILES string of the molecule is Cc1ccc(OCCOc2cccc(/C=C3\SC(=O)N(CCOc4ccc(Cl)cc4)C3=O)c2)cc1. The second kappa shape index (κ2) is 11.8. The molecule has 0 radical (unpaired) electrons. The second-order valence-corrected chi connectivity index (χ2v) is 9.15. The maximum absolute atomic E-state index is 12.8. The van der Waals surface area contributed by atoms with E-state index in [1.165, 1.54) is 10.5 Å². The van der Waals surface area contributed by atoms with E-state index in [0.29, 0.717) is 34.6 Å². The lowest BCUT2D eigenvalue weighted by molar-refractivity contribution is -0.123. The van der Waals surface area contributed by atoms with Gasteiger partial charge in [0.2, 0.25) is 0 Å². The van der Waals surface area contributed by atoms with Gasteiger partial charge in [0.25, 0.3) is 11.1 Å². The Morgan fingerprint density at radius 3 is 2.17 bits per heavy atom. The highest BCUT2D eigenvalue weighted by molar-refractivity contribution is 8.18. The first-order valence-corrected chi connectivity index (χ1v) is 12.2. The first-order valence-electron chi connectivity index (χ1n) is 11.0. The van der Waals surface area contributed by atoms with Gasteiger partial charge in [-0.2, -0.15) is 0 Å². The number of hydrogen-bond acceptors (Lipinski definition) is 6. The summed E-state index contributed by atoms with van der Waals surface area (Å²) >= 11 is 6.78. The summed E-state index contributed by atoms with van der Waals surface area (Å²) in [5.41, 5.74) is 1.94. The molecule has 0 spiro atoms. The molecule has 3 aromatic carbocycles. The molecular formula is C27H24ClNO5S. The fourth-order valence-corrected chi connectivity index (χ4v) is 4.27. The van der Waals surface area contributed by atoms with E-state index in [0.717, 1.165) is 23.1 Å². The highest BCUT2D eigenvalue weighted by Gasteiger charge is 2.34. The van der Waals surface area contributed by atoms with Gasteiger partial charge in [0, 0.05) is 5.02 Å². The van der Waals surface area contributed by atoms with Crippen LogP contribution in [0.15, 0.2) is 77.7 Å². The van der Waals surface area contributed by atoms with Gasteiger partial charge in [0.1, 0.15) is 37.1 Å². The number of hydrogen-bond donors (Lipinski definition) is 0. The molecule has 1 saturated heterocycles. The van der Waals surface area contributed by atoms with Crippen molar-refractivity contribution in [1.82, 2.24) is 4.90 Å². The molecular weight excluding hydrogens is 486 g/mol. The third-order valence-corrected chi connectivity index (χ3v) is 6.23. The smallest absolute Gasteiger partial charge is 0.293 e. The van der Waals surface area contributed by atoms with Crippen LogP contribution in [0.2, 0.25) is 5.02 Å². The van der Waals surface area contributed by atoms with Crippen molar-refractivity contribution in [2.45, 2.75) is 6.92 Å². The third kappa shape index (κ3) is 7.04. The normalized spacial score (nSPS) is 14.5. The number of benzene rings is 3. The molecule has 1 fully saturated rings. The van der Waals surface area contributed by atoms with E-state index >= 15 is 0 Å². The van der Waals surface area contributed by atoms with E-state index in [4.69, 9.17) is 25.8 Å². The van der Waals surface area contributed by atoms with Gasteiger partial charge in [-0.25, -0.2) is 0 Å². The number of rotatable bonds is 10. The van der Waals surface area contributed by atoms with Crippen LogP contribution in [0.25, 0.3) is 6.08 Å². The molecule has 0 aliphatic carbocycles. The Labute approximate surface area is 213 Å². The summed E-state index contributed by atoms with van der Waals surface area (Å²) in [6.45, 7) is 3.17. The standard InChI is InChI=1S/C27H24ClNO5S/c1-19-5-9-22(10-6-19)33-15-16-34-24-4-2-3-20(17-24)18-25-26(30)29(27(31)35-25)13-14-32-23-11-7-21(28)8-12-23/h2-12,17-18H,13-16H2,1H3/b25-18-. The van der Waals surface area contributed by atoms with E-state index in [2.05, 4.69) is 0 Å². The average molecular weight is 510 g/mol.